The molecular formula is C19H22BrN3O3. The maximum Gasteiger partial charge on any atom is 0.315 e. The minimum atomic E-state index is -0.262. The molecule has 0 aromatic heterocycles. The average Bonchev–Trinajstić information content (AvgIpc) is 2.61. The van der Waals surface area contributed by atoms with Gasteiger partial charge in [-0.3, -0.25) is 4.79 Å². The molecule has 26 heavy (non-hydrogen) atoms. The van der Waals surface area contributed by atoms with Gasteiger partial charge in [-0.2, -0.15) is 0 Å². The molecule has 0 radical (unpaired) electrons. The van der Waals surface area contributed by atoms with Gasteiger partial charge in [0.1, 0.15) is 6.61 Å². The topological polar surface area (TPSA) is 79.5 Å². The summed E-state index contributed by atoms with van der Waals surface area (Å²) in [5.74, 6) is -0.224. The van der Waals surface area contributed by atoms with Crippen LogP contribution in [0.5, 0.6) is 0 Å². The van der Waals surface area contributed by atoms with E-state index < -0.39 is 0 Å². The molecule has 138 valence electrons. The van der Waals surface area contributed by atoms with Gasteiger partial charge >= 0.3 is 6.03 Å². The predicted octanol–water partition coefficient (Wildman–Crippen LogP) is 3.59. The van der Waals surface area contributed by atoms with Crippen LogP contribution < -0.4 is 16.0 Å². The number of benzene rings is 2. The van der Waals surface area contributed by atoms with Crippen LogP contribution in [0.15, 0.2) is 53.0 Å². The monoisotopic (exact) mass is 419 g/mol. The van der Waals surface area contributed by atoms with Crippen LogP contribution in [0.1, 0.15) is 24.1 Å². The Kier molecular flexibility index (Phi) is 7.62. The van der Waals surface area contributed by atoms with Crippen molar-refractivity contribution < 1.29 is 14.3 Å². The number of rotatable bonds is 7. The first-order valence-corrected chi connectivity index (χ1v) is 8.95. The molecule has 0 saturated carbocycles. The fourth-order valence-corrected chi connectivity index (χ4v) is 3.05. The highest BCUT2D eigenvalue weighted by Gasteiger charge is 2.11. The Morgan fingerprint density at radius 3 is 2.65 bits per heavy atom. The molecule has 1 unspecified atom stereocenters. The van der Waals surface area contributed by atoms with Crippen molar-refractivity contribution in [3.63, 3.8) is 0 Å². The van der Waals surface area contributed by atoms with E-state index in [1.54, 1.807) is 6.07 Å². The van der Waals surface area contributed by atoms with Gasteiger partial charge in [0.25, 0.3) is 0 Å². The normalized spacial score (nSPS) is 11.5. The number of methoxy groups -OCH3 is 1. The third-order valence-electron chi connectivity index (χ3n) is 3.66. The number of carbonyl (C=O) groups is 2. The molecule has 0 aliphatic heterocycles. The van der Waals surface area contributed by atoms with Crippen molar-refractivity contribution in [2.24, 2.45) is 0 Å². The third-order valence-corrected chi connectivity index (χ3v) is 4.38. The zero-order chi connectivity index (χ0) is 18.9. The number of hydrogen-bond donors (Lipinski definition) is 3. The molecule has 3 N–H and O–H groups in total. The van der Waals surface area contributed by atoms with E-state index in [-0.39, 0.29) is 24.6 Å². The minimum Gasteiger partial charge on any atom is -0.375 e. The lowest BCUT2D eigenvalue weighted by Crippen LogP contribution is -2.36. The molecule has 0 heterocycles. The van der Waals surface area contributed by atoms with Crippen molar-refractivity contribution in [1.29, 1.82) is 0 Å². The second-order valence-corrected chi connectivity index (χ2v) is 6.61. The van der Waals surface area contributed by atoms with Crippen molar-refractivity contribution in [3.8, 4) is 0 Å². The number of amides is 3. The van der Waals surface area contributed by atoms with Gasteiger partial charge < -0.3 is 20.7 Å². The van der Waals surface area contributed by atoms with Crippen LogP contribution in [0.25, 0.3) is 0 Å². The lowest BCUT2D eigenvalue weighted by molar-refractivity contribution is -0.119. The number of hydrogen-bond acceptors (Lipinski definition) is 3. The Morgan fingerprint density at radius 2 is 1.92 bits per heavy atom. The van der Waals surface area contributed by atoms with Crippen molar-refractivity contribution in [3.05, 3.63) is 64.1 Å². The zero-order valence-corrected chi connectivity index (χ0v) is 16.3. The molecule has 1 atom stereocenters. The molecule has 0 fully saturated rings. The van der Waals surface area contributed by atoms with Crippen molar-refractivity contribution in [2.45, 2.75) is 19.5 Å². The van der Waals surface area contributed by atoms with Gasteiger partial charge in [-0.05, 0) is 36.2 Å². The highest BCUT2D eigenvalue weighted by atomic mass is 79.9. The molecule has 7 heteroatoms. The summed E-state index contributed by atoms with van der Waals surface area (Å²) < 4.78 is 5.74. The fraction of sp³-hybridized carbons (Fsp3) is 0.263. The summed E-state index contributed by atoms with van der Waals surface area (Å²) in [5.41, 5.74) is 2.54. The lowest BCUT2D eigenvalue weighted by atomic mass is 10.1. The molecule has 6 nitrogen and oxygen atoms in total. The van der Waals surface area contributed by atoms with Crippen LogP contribution in [0, 0.1) is 0 Å². The van der Waals surface area contributed by atoms with Gasteiger partial charge in [0.2, 0.25) is 5.91 Å². The van der Waals surface area contributed by atoms with Gasteiger partial charge in [0, 0.05) is 23.8 Å². The Hall–Kier alpha value is -2.38. The van der Waals surface area contributed by atoms with Crippen LogP contribution in [-0.2, 0) is 16.1 Å². The van der Waals surface area contributed by atoms with E-state index in [9.17, 15) is 9.59 Å². The molecular weight excluding hydrogens is 398 g/mol. The maximum atomic E-state index is 12.1. The standard InChI is InChI=1S/C19H22BrN3O3/c1-13(16-8-3-4-9-17(16)20)22-19(25)21-11-14-6-5-7-15(10-14)23-18(24)12-26-2/h3-10,13H,11-12H2,1-2H3,(H,23,24)(H2,21,22,25). The lowest BCUT2D eigenvalue weighted by Gasteiger charge is -2.16. The van der Waals surface area contributed by atoms with Crippen LogP contribution >= 0.6 is 15.9 Å². The van der Waals surface area contributed by atoms with E-state index in [4.69, 9.17) is 4.74 Å². The van der Waals surface area contributed by atoms with Crippen molar-refractivity contribution in [1.82, 2.24) is 10.6 Å². The van der Waals surface area contributed by atoms with Gasteiger partial charge in [-0.15, -0.1) is 0 Å². The van der Waals surface area contributed by atoms with Crippen LogP contribution in [0.4, 0.5) is 10.5 Å². The number of carbonyl (C=O) groups excluding carboxylic acids is 2. The molecule has 0 bridgehead atoms. The maximum absolute atomic E-state index is 12.1. The summed E-state index contributed by atoms with van der Waals surface area (Å²) >= 11 is 3.49. The molecule has 2 rings (SSSR count). The summed E-state index contributed by atoms with van der Waals surface area (Å²) in [6.45, 7) is 2.27. The van der Waals surface area contributed by atoms with Gasteiger partial charge in [-0.1, -0.05) is 46.3 Å². The Labute approximate surface area is 161 Å². The van der Waals surface area contributed by atoms with E-state index in [2.05, 4.69) is 31.9 Å². The van der Waals surface area contributed by atoms with E-state index >= 15 is 0 Å². The number of anilines is 1. The van der Waals surface area contributed by atoms with Gasteiger partial charge in [-0.25, -0.2) is 4.79 Å². The highest BCUT2D eigenvalue weighted by Crippen LogP contribution is 2.22. The smallest absolute Gasteiger partial charge is 0.315 e. The van der Waals surface area contributed by atoms with E-state index in [0.717, 1.165) is 15.6 Å². The summed E-state index contributed by atoms with van der Waals surface area (Å²) in [6, 6.07) is 14.7. The Morgan fingerprint density at radius 1 is 1.15 bits per heavy atom. The molecule has 0 aliphatic rings. The third kappa shape index (κ3) is 6.16. The Bertz CT molecular complexity index is 767. The molecule has 3 amide bonds. The number of nitrogens with one attached hydrogen (secondary N) is 3. The second kappa shape index (κ2) is 9.94. The first-order valence-electron chi connectivity index (χ1n) is 8.16. The fourth-order valence-electron chi connectivity index (χ4n) is 2.42. The Balaban J connectivity index is 1.87. The SMILES string of the molecule is COCC(=O)Nc1cccc(CNC(=O)NC(C)c2ccccc2Br)c1. The predicted molar refractivity (Wildman–Crippen MR) is 105 cm³/mol. The van der Waals surface area contributed by atoms with E-state index in [1.807, 2.05) is 49.4 Å². The number of ether oxygens (including phenoxy) is 1. The first kappa shape index (κ1) is 19.9. The molecule has 0 saturated heterocycles. The molecule has 0 spiro atoms. The van der Waals surface area contributed by atoms with Gasteiger partial charge in [0.05, 0.1) is 6.04 Å². The summed E-state index contributed by atoms with van der Waals surface area (Å²) in [6.07, 6.45) is 0. The van der Waals surface area contributed by atoms with Crippen LogP contribution in [0.2, 0.25) is 0 Å². The summed E-state index contributed by atoms with van der Waals surface area (Å²) in [5, 5.41) is 8.46. The number of halogens is 1. The largest absolute Gasteiger partial charge is 0.375 e. The molecule has 2 aromatic rings. The average molecular weight is 420 g/mol. The summed E-state index contributed by atoms with van der Waals surface area (Å²) in [4.78, 5) is 23.7. The zero-order valence-electron chi connectivity index (χ0n) is 14.7. The highest BCUT2D eigenvalue weighted by molar-refractivity contribution is 9.10. The van der Waals surface area contributed by atoms with Crippen LogP contribution in [0.3, 0.4) is 0 Å². The van der Waals surface area contributed by atoms with E-state index in [1.165, 1.54) is 7.11 Å². The number of urea groups is 1. The van der Waals surface area contributed by atoms with Crippen molar-refractivity contribution in [2.75, 3.05) is 19.0 Å². The first-order chi connectivity index (χ1) is 12.5. The van der Waals surface area contributed by atoms with E-state index in [0.29, 0.717) is 12.2 Å². The minimum absolute atomic E-state index is 0.00217. The second-order valence-electron chi connectivity index (χ2n) is 5.75. The van der Waals surface area contributed by atoms with Gasteiger partial charge in [0.15, 0.2) is 0 Å². The molecule has 0 aliphatic carbocycles. The quantitative estimate of drug-likeness (QED) is 0.641. The van der Waals surface area contributed by atoms with Crippen molar-refractivity contribution >= 4 is 33.6 Å². The van der Waals surface area contributed by atoms with Crippen LogP contribution in [-0.4, -0.2) is 25.7 Å². The molecule has 2 aromatic carbocycles. The summed E-state index contributed by atoms with van der Waals surface area (Å²) in [7, 11) is 1.47.